The maximum Gasteiger partial charge on any atom is 0.192 e. The fourth-order valence-electron chi connectivity index (χ4n) is 2.05. The third-order valence-corrected chi connectivity index (χ3v) is 2.81. The normalized spacial score (nSPS) is 20.1. The largest absolute Gasteiger partial charge is 0.394 e. The summed E-state index contributed by atoms with van der Waals surface area (Å²) in [5.74, 6) is 0.557. The van der Waals surface area contributed by atoms with E-state index in [0.717, 1.165) is 5.69 Å². The van der Waals surface area contributed by atoms with Crippen LogP contribution in [0.25, 0.3) is 0 Å². The van der Waals surface area contributed by atoms with E-state index in [2.05, 4.69) is 29.2 Å². The van der Waals surface area contributed by atoms with E-state index in [1.165, 1.54) is 0 Å². The van der Waals surface area contributed by atoms with E-state index in [1.54, 1.807) is 4.68 Å². The van der Waals surface area contributed by atoms with Gasteiger partial charge in [0.2, 0.25) is 0 Å². The summed E-state index contributed by atoms with van der Waals surface area (Å²) in [5.41, 5.74) is 6.70. The highest BCUT2D eigenvalue weighted by molar-refractivity contribution is 5.80. The average Bonchev–Trinajstić information content (AvgIpc) is 2.84. The quantitative estimate of drug-likeness (QED) is 0.727. The van der Waals surface area contributed by atoms with Crippen molar-refractivity contribution in [3.8, 4) is 0 Å². The fraction of sp³-hybridized carbons (Fsp3) is 0.700. The predicted octanol–water partition coefficient (Wildman–Crippen LogP) is -0.650. The topological polar surface area (TPSA) is 92.6 Å². The van der Waals surface area contributed by atoms with Gasteiger partial charge in [0.05, 0.1) is 31.9 Å². The van der Waals surface area contributed by atoms with Gasteiger partial charge in [0.1, 0.15) is 5.69 Å². The number of aromatic nitrogens is 3. The lowest BCUT2D eigenvalue weighted by atomic mass is 10.2. The Morgan fingerprint density at radius 2 is 2.35 bits per heavy atom. The molecule has 0 saturated carbocycles. The third-order valence-electron chi connectivity index (χ3n) is 2.81. The van der Waals surface area contributed by atoms with E-state index in [9.17, 15) is 0 Å². The molecule has 1 unspecified atom stereocenters. The van der Waals surface area contributed by atoms with Gasteiger partial charge >= 0.3 is 0 Å². The minimum atomic E-state index is 0.0556. The number of aliphatic imine (C=N–C) groups is 1. The van der Waals surface area contributed by atoms with Gasteiger partial charge in [-0.05, 0) is 13.8 Å². The second-order valence-electron chi connectivity index (χ2n) is 4.35. The first kappa shape index (κ1) is 11.8. The van der Waals surface area contributed by atoms with Crippen molar-refractivity contribution in [1.29, 1.82) is 0 Å². The lowest BCUT2D eigenvalue weighted by Gasteiger charge is -2.28. The van der Waals surface area contributed by atoms with Crippen molar-refractivity contribution in [3.05, 3.63) is 11.9 Å². The Morgan fingerprint density at radius 3 is 3.00 bits per heavy atom. The molecule has 3 N–H and O–H groups in total. The van der Waals surface area contributed by atoms with Gasteiger partial charge in [-0.1, -0.05) is 5.21 Å². The first-order valence-electron chi connectivity index (χ1n) is 5.72. The molecule has 94 valence electrons. The fourth-order valence-corrected chi connectivity index (χ4v) is 2.05. The summed E-state index contributed by atoms with van der Waals surface area (Å²) in [5, 5.41) is 16.9. The highest BCUT2D eigenvalue weighted by Crippen LogP contribution is 2.25. The molecule has 1 aromatic heterocycles. The molecule has 1 aromatic rings. The molecule has 0 radical (unpaired) electrons. The van der Waals surface area contributed by atoms with E-state index >= 15 is 0 Å². The summed E-state index contributed by atoms with van der Waals surface area (Å²) in [6.07, 6.45) is 1.84. The number of hydrogen-bond donors (Lipinski definition) is 2. The summed E-state index contributed by atoms with van der Waals surface area (Å²) < 4.78 is 1.63. The molecule has 0 aliphatic carbocycles. The van der Waals surface area contributed by atoms with E-state index < -0.39 is 0 Å². The van der Waals surface area contributed by atoms with Gasteiger partial charge < -0.3 is 15.7 Å². The number of guanidine groups is 1. The van der Waals surface area contributed by atoms with Crippen LogP contribution in [0.2, 0.25) is 0 Å². The minimum absolute atomic E-state index is 0.0556. The van der Waals surface area contributed by atoms with Crippen molar-refractivity contribution < 1.29 is 5.11 Å². The summed E-state index contributed by atoms with van der Waals surface area (Å²) >= 11 is 0. The molecule has 0 aromatic carbocycles. The Kier molecular flexibility index (Phi) is 3.28. The van der Waals surface area contributed by atoms with Gasteiger partial charge in [0.25, 0.3) is 0 Å². The van der Waals surface area contributed by atoms with Gasteiger partial charge in [-0.25, -0.2) is 4.68 Å². The molecule has 0 saturated heterocycles. The molecule has 2 heterocycles. The van der Waals surface area contributed by atoms with Crippen molar-refractivity contribution in [2.75, 3.05) is 13.2 Å². The number of nitrogens with two attached hydrogens (primary N) is 1. The molecular weight excluding hydrogens is 220 g/mol. The van der Waals surface area contributed by atoms with E-state index in [1.807, 2.05) is 11.1 Å². The lowest BCUT2D eigenvalue weighted by Crippen LogP contribution is -2.41. The molecule has 7 heteroatoms. The van der Waals surface area contributed by atoms with Crippen LogP contribution in [-0.2, 0) is 6.54 Å². The van der Waals surface area contributed by atoms with Crippen LogP contribution in [0, 0.1) is 0 Å². The van der Waals surface area contributed by atoms with Crippen LogP contribution >= 0.6 is 0 Å². The van der Waals surface area contributed by atoms with Crippen LogP contribution in [0.4, 0.5) is 0 Å². The maximum absolute atomic E-state index is 8.83. The number of aliphatic hydroxyl groups is 1. The van der Waals surface area contributed by atoms with Crippen LogP contribution < -0.4 is 5.73 Å². The van der Waals surface area contributed by atoms with Crippen molar-refractivity contribution in [3.63, 3.8) is 0 Å². The van der Waals surface area contributed by atoms with Crippen LogP contribution in [-0.4, -0.2) is 50.2 Å². The Hall–Kier alpha value is -1.63. The summed E-state index contributed by atoms with van der Waals surface area (Å²) in [4.78, 5) is 6.28. The standard InChI is InChI=1S/C10H18N6O/c1-7(2)16-9(5-12-10(16)11)8-6-15(3-4-17)14-13-8/h6-7,9,17H,3-5H2,1-2H3,(H2,11,12). The molecule has 0 amide bonds. The highest BCUT2D eigenvalue weighted by Gasteiger charge is 2.31. The minimum Gasteiger partial charge on any atom is -0.394 e. The molecule has 17 heavy (non-hydrogen) atoms. The zero-order valence-electron chi connectivity index (χ0n) is 10.1. The van der Waals surface area contributed by atoms with Gasteiger partial charge in [-0.15, -0.1) is 5.10 Å². The zero-order chi connectivity index (χ0) is 12.4. The monoisotopic (exact) mass is 238 g/mol. The first-order chi connectivity index (χ1) is 8.13. The predicted molar refractivity (Wildman–Crippen MR) is 63.3 cm³/mol. The zero-order valence-corrected chi connectivity index (χ0v) is 10.1. The van der Waals surface area contributed by atoms with Crippen molar-refractivity contribution in [1.82, 2.24) is 19.9 Å². The average molecular weight is 238 g/mol. The molecule has 1 aliphatic rings. The second kappa shape index (κ2) is 4.70. The van der Waals surface area contributed by atoms with Gasteiger partial charge in [0, 0.05) is 6.04 Å². The maximum atomic E-state index is 8.83. The summed E-state index contributed by atoms with van der Waals surface area (Å²) in [6, 6.07) is 0.330. The van der Waals surface area contributed by atoms with E-state index in [-0.39, 0.29) is 18.7 Å². The van der Waals surface area contributed by atoms with Gasteiger partial charge in [-0.3, -0.25) is 4.99 Å². The van der Waals surface area contributed by atoms with Crippen LogP contribution in [0.3, 0.4) is 0 Å². The molecule has 1 atom stereocenters. The van der Waals surface area contributed by atoms with E-state index in [4.69, 9.17) is 10.8 Å². The van der Waals surface area contributed by atoms with Crippen LogP contribution in [0.5, 0.6) is 0 Å². The SMILES string of the molecule is CC(C)N1C(N)=NCC1c1cn(CCO)nn1. The molecule has 1 aliphatic heterocycles. The second-order valence-corrected chi connectivity index (χ2v) is 4.35. The Balaban J connectivity index is 2.16. The number of nitrogens with zero attached hydrogens (tertiary/aromatic N) is 5. The van der Waals surface area contributed by atoms with Crippen molar-refractivity contribution in [2.24, 2.45) is 10.7 Å². The van der Waals surface area contributed by atoms with Crippen LogP contribution in [0.1, 0.15) is 25.6 Å². The summed E-state index contributed by atoms with van der Waals surface area (Å²) in [7, 11) is 0. The number of rotatable bonds is 4. The van der Waals surface area contributed by atoms with Crippen molar-refractivity contribution in [2.45, 2.75) is 32.5 Å². The van der Waals surface area contributed by atoms with Gasteiger partial charge in [-0.2, -0.15) is 0 Å². The number of hydrogen-bond acceptors (Lipinski definition) is 6. The third kappa shape index (κ3) is 2.23. The molecule has 0 bridgehead atoms. The smallest absolute Gasteiger partial charge is 0.192 e. The van der Waals surface area contributed by atoms with Crippen molar-refractivity contribution >= 4 is 5.96 Å². The van der Waals surface area contributed by atoms with Gasteiger partial charge in [0.15, 0.2) is 5.96 Å². The summed E-state index contributed by atoms with van der Waals surface area (Å²) in [6.45, 7) is 5.26. The first-order valence-corrected chi connectivity index (χ1v) is 5.72. The Bertz CT molecular complexity index is 413. The van der Waals surface area contributed by atoms with E-state index in [0.29, 0.717) is 19.0 Å². The molecule has 0 spiro atoms. The Labute approximate surface area is 99.9 Å². The molecule has 2 rings (SSSR count). The highest BCUT2D eigenvalue weighted by atomic mass is 16.3. The molecule has 0 fully saturated rings. The lowest BCUT2D eigenvalue weighted by molar-refractivity contribution is 0.268. The molecule has 7 nitrogen and oxygen atoms in total. The number of aliphatic hydroxyl groups excluding tert-OH is 1. The Morgan fingerprint density at radius 1 is 1.59 bits per heavy atom. The van der Waals surface area contributed by atoms with Crippen LogP contribution in [0.15, 0.2) is 11.2 Å². The molecular formula is C10H18N6O.